The Bertz CT molecular complexity index is 551. The van der Waals surface area contributed by atoms with Crippen molar-refractivity contribution >= 4 is 22.8 Å². The average Bonchev–Trinajstić information content (AvgIpc) is 3.23. The van der Waals surface area contributed by atoms with Crippen LogP contribution in [0.4, 0.5) is 0 Å². The fraction of sp³-hybridized carbons (Fsp3) is 0.875. The summed E-state index contributed by atoms with van der Waals surface area (Å²) in [5.74, 6) is 0. The first-order valence-corrected chi connectivity index (χ1v) is 11.2. The number of nitrogens with zero attached hydrogens (tertiary/aromatic N) is 6. The fourth-order valence-electron chi connectivity index (χ4n) is 2.88. The van der Waals surface area contributed by atoms with Gasteiger partial charge in [0.15, 0.2) is 0 Å². The average molecular weight is 389 g/mol. The van der Waals surface area contributed by atoms with E-state index in [0.717, 1.165) is 45.0 Å². The van der Waals surface area contributed by atoms with Crippen LogP contribution in [0.15, 0.2) is 10.2 Å². The lowest BCUT2D eigenvalue weighted by molar-refractivity contribution is 0.0138. The van der Waals surface area contributed by atoms with Gasteiger partial charge in [-0.2, -0.15) is 18.6 Å². The SMILES string of the molecule is CCCCN1C=NN(C(CCOS(C)(=O)=O)N2CN(CCCC)C=N2)C1. The molecule has 26 heavy (non-hydrogen) atoms. The van der Waals surface area contributed by atoms with E-state index in [-0.39, 0.29) is 12.8 Å². The summed E-state index contributed by atoms with van der Waals surface area (Å²) < 4.78 is 27.5. The molecule has 0 amide bonds. The summed E-state index contributed by atoms with van der Waals surface area (Å²) in [4.78, 5) is 4.34. The third-order valence-corrected chi connectivity index (χ3v) is 4.93. The summed E-state index contributed by atoms with van der Waals surface area (Å²) in [6.45, 7) is 7.75. The Morgan fingerprint density at radius 3 is 1.92 bits per heavy atom. The Morgan fingerprint density at radius 2 is 1.50 bits per heavy atom. The van der Waals surface area contributed by atoms with Crippen LogP contribution in [0.2, 0.25) is 0 Å². The molecule has 0 N–H and O–H groups in total. The molecular formula is C16H32N6O3S. The molecule has 0 spiro atoms. The predicted molar refractivity (Wildman–Crippen MR) is 103 cm³/mol. The molecule has 0 saturated heterocycles. The minimum Gasteiger partial charge on any atom is -0.342 e. The molecule has 2 aliphatic rings. The summed E-state index contributed by atoms with van der Waals surface area (Å²) in [5, 5.41) is 12.9. The van der Waals surface area contributed by atoms with E-state index in [1.807, 2.05) is 22.7 Å². The highest BCUT2D eigenvalue weighted by atomic mass is 32.2. The topological polar surface area (TPSA) is 81.0 Å². The first-order chi connectivity index (χ1) is 12.4. The molecule has 0 aromatic heterocycles. The molecule has 0 saturated carbocycles. The van der Waals surface area contributed by atoms with Crippen LogP contribution in [0, 0.1) is 0 Å². The molecule has 0 aliphatic carbocycles. The first-order valence-electron chi connectivity index (χ1n) is 9.37. The second kappa shape index (κ2) is 9.96. The molecule has 150 valence electrons. The van der Waals surface area contributed by atoms with Crippen molar-refractivity contribution in [2.24, 2.45) is 10.2 Å². The molecule has 10 heteroatoms. The van der Waals surface area contributed by atoms with Gasteiger partial charge < -0.3 is 9.80 Å². The van der Waals surface area contributed by atoms with E-state index in [2.05, 4.69) is 33.9 Å². The quantitative estimate of drug-likeness (QED) is 0.466. The molecule has 0 fully saturated rings. The molecule has 2 rings (SSSR count). The van der Waals surface area contributed by atoms with Crippen LogP contribution in [0.1, 0.15) is 46.0 Å². The van der Waals surface area contributed by atoms with Crippen molar-refractivity contribution in [2.45, 2.75) is 52.1 Å². The van der Waals surface area contributed by atoms with Gasteiger partial charge in [0, 0.05) is 19.5 Å². The zero-order valence-electron chi connectivity index (χ0n) is 16.1. The van der Waals surface area contributed by atoms with E-state index < -0.39 is 10.1 Å². The van der Waals surface area contributed by atoms with Gasteiger partial charge in [-0.15, -0.1) is 0 Å². The maximum atomic E-state index is 11.3. The van der Waals surface area contributed by atoms with Crippen molar-refractivity contribution in [3.05, 3.63) is 0 Å². The van der Waals surface area contributed by atoms with Crippen molar-refractivity contribution in [3.63, 3.8) is 0 Å². The molecule has 0 atom stereocenters. The van der Waals surface area contributed by atoms with E-state index in [4.69, 9.17) is 4.18 Å². The van der Waals surface area contributed by atoms with Gasteiger partial charge >= 0.3 is 0 Å². The molecule has 0 aromatic rings. The highest BCUT2D eigenvalue weighted by molar-refractivity contribution is 7.85. The minimum absolute atomic E-state index is 0.117. The Kier molecular flexibility index (Phi) is 7.95. The first kappa shape index (κ1) is 20.8. The van der Waals surface area contributed by atoms with Crippen molar-refractivity contribution < 1.29 is 12.6 Å². The van der Waals surface area contributed by atoms with Crippen LogP contribution in [-0.2, 0) is 14.3 Å². The maximum Gasteiger partial charge on any atom is 0.264 e. The zero-order chi connectivity index (χ0) is 19.0. The lowest BCUT2D eigenvalue weighted by Crippen LogP contribution is -2.46. The molecule has 0 unspecified atom stereocenters. The molecule has 9 nitrogen and oxygen atoms in total. The fourth-order valence-corrected chi connectivity index (χ4v) is 3.27. The van der Waals surface area contributed by atoms with Gasteiger partial charge in [-0.25, -0.2) is 0 Å². The standard InChI is InChI=1S/C16H32N6O3S/c1-4-6-9-19-12-17-21(14-19)16(8-11-25-26(3,23)24)22-15-20(13-18-22)10-7-5-2/h12-13,16H,4-11,14-15H2,1-3H3. The summed E-state index contributed by atoms with van der Waals surface area (Å²) in [6, 6.07) is 0. The van der Waals surface area contributed by atoms with E-state index >= 15 is 0 Å². The Hall–Kier alpha value is -1.55. The van der Waals surface area contributed by atoms with Gasteiger partial charge in [0.2, 0.25) is 0 Å². The van der Waals surface area contributed by atoms with Gasteiger partial charge in [-0.3, -0.25) is 14.2 Å². The van der Waals surface area contributed by atoms with Crippen LogP contribution < -0.4 is 0 Å². The monoisotopic (exact) mass is 388 g/mol. The van der Waals surface area contributed by atoms with Crippen LogP contribution in [0.3, 0.4) is 0 Å². The molecule has 2 aliphatic heterocycles. The normalized spacial score (nSPS) is 17.4. The van der Waals surface area contributed by atoms with Crippen LogP contribution in [-0.4, -0.2) is 86.4 Å². The molecular weight excluding hydrogens is 356 g/mol. The van der Waals surface area contributed by atoms with E-state index in [1.165, 1.54) is 0 Å². The maximum absolute atomic E-state index is 11.3. The van der Waals surface area contributed by atoms with E-state index in [9.17, 15) is 8.42 Å². The lowest BCUT2D eigenvalue weighted by Gasteiger charge is -2.33. The van der Waals surface area contributed by atoms with Crippen molar-refractivity contribution in [3.8, 4) is 0 Å². The van der Waals surface area contributed by atoms with Gasteiger partial charge in [0.05, 0.1) is 12.9 Å². The minimum atomic E-state index is -3.45. The summed E-state index contributed by atoms with van der Waals surface area (Å²) >= 11 is 0. The Morgan fingerprint density at radius 1 is 1.00 bits per heavy atom. The Balaban J connectivity index is 1.94. The van der Waals surface area contributed by atoms with Gasteiger partial charge in [-0.1, -0.05) is 26.7 Å². The summed E-state index contributed by atoms with van der Waals surface area (Å²) in [7, 11) is -3.45. The number of rotatable bonds is 12. The predicted octanol–water partition coefficient (Wildman–Crippen LogP) is 1.32. The summed E-state index contributed by atoms with van der Waals surface area (Å²) in [6.07, 6.45) is 9.67. The third kappa shape index (κ3) is 6.64. The lowest BCUT2D eigenvalue weighted by atomic mass is 10.3. The molecule has 0 radical (unpaired) electrons. The highest BCUT2D eigenvalue weighted by Gasteiger charge is 2.30. The number of hydrogen-bond donors (Lipinski definition) is 0. The third-order valence-electron chi connectivity index (χ3n) is 4.34. The summed E-state index contributed by atoms with van der Waals surface area (Å²) in [5.41, 5.74) is 0. The smallest absolute Gasteiger partial charge is 0.264 e. The van der Waals surface area contributed by atoms with Crippen molar-refractivity contribution in [1.82, 2.24) is 19.8 Å². The number of hydrogen-bond acceptors (Lipinski definition) is 9. The van der Waals surface area contributed by atoms with Crippen molar-refractivity contribution in [2.75, 3.05) is 39.3 Å². The molecule has 0 bridgehead atoms. The van der Waals surface area contributed by atoms with E-state index in [0.29, 0.717) is 19.8 Å². The van der Waals surface area contributed by atoms with Gasteiger partial charge in [0.25, 0.3) is 10.1 Å². The second-order valence-corrected chi connectivity index (χ2v) is 8.39. The number of hydrazone groups is 2. The van der Waals surface area contributed by atoms with Crippen molar-refractivity contribution in [1.29, 1.82) is 0 Å². The van der Waals surface area contributed by atoms with Crippen LogP contribution >= 0.6 is 0 Å². The van der Waals surface area contributed by atoms with Crippen LogP contribution in [0.5, 0.6) is 0 Å². The van der Waals surface area contributed by atoms with E-state index in [1.54, 1.807) is 0 Å². The highest BCUT2D eigenvalue weighted by Crippen LogP contribution is 2.19. The number of unbranched alkanes of at least 4 members (excludes halogenated alkanes) is 2. The second-order valence-electron chi connectivity index (χ2n) is 6.75. The van der Waals surface area contributed by atoms with Crippen LogP contribution in [0.25, 0.3) is 0 Å². The Labute approximate surface area is 157 Å². The molecule has 2 heterocycles. The largest absolute Gasteiger partial charge is 0.342 e. The molecule has 0 aromatic carbocycles. The van der Waals surface area contributed by atoms with Gasteiger partial charge in [0.1, 0.15) is 32.2 Å². The zero-order valence-corrected chi connectivity index (χ0v) is 16.9. The van der Waals surface area contributed by atoms with Gasteiger partial charge in [-0.05, 0) is 12.8 Å².